The maximum absolute atomic E-state index is 13.3. The van der Waals surface area contributed by atoms with E-state index in [2.05, 4.69) is 5.32 Å². The zero-order valence-electron chi connectivity index (χ0n) is 16.5. The van der Waals surface area contributed by atoms with Crippen LogP contribution in [0.2, 0.25) is 10.0 Å². The Bertz CT molecular complexity index is 1050. The second-order valence-corrected chi connectivity index (χ2v) is 9.56. The van der Waals surface area contributed by atoms with Crippen LogP contribution in [0, 0.1) is 5.92 Å². The van der Waals surface area contributed by atoms with Crippen LogP contribution in [-0.2, 0) is 14.8 Å². The van der Waals surface area contributed by atoms with Crippen molar-refractivity contribution in [2.75, 3.05) is 32.6 Å². The van der Waals surface area contributed by atoms with Gasteiger partial charge >= 0.3 is 0 Å². The van der Waals surface area contributed by atoms with E-state index in [1.54, 1.807) is 30.3 Å². The van der Waals surface area contributed by atoms with Gasteiger partial charge in [0.15, 0.2) is 0 Å². The Morgan fingerprint density at radius 3 is 2.53 bits per heavy atom. The smallest absolute Gasteiger partial charge is 0.246 e. The lowest BCUT2D eigenvalue weighted by atomic mass is 9.99. The molecule has 1 N–H and O–H groups in total. The molecule has 1 saturated heterocycles. The molecule has 1 aliphatic heterocycles. The number of piperidine rings is 1. The van der Waals surface area contributed by atoms with Crippen molar-refractivity contribution in [1.82, 2.24) is 4.31 Å². The van der Waals surface area contributed by atoms with E-state index in [1.165, 1.54) is 24.6 Å². The molecule has 1 fully saturated rings. The van der Waals surface area contributed by atoms with Crippen molar-refractivity contribution in [3.05, 3.63) is 46.4 Å². The lowest BCUT2D eigenvalue weighted by Gasteiger charge is -2.31. The SMILES string of the molecule is COc1ccc(OC)c(S(=O)(=O)N2CCCC(C(=O)Nc3ccc(Cl)c(Cl)c3)C2)c1. The van der Waals surface area contributed by atoms with Crippen molar-refractivity contribution < 1.29 is 22.7 Å². The van der Waals surface area contributed by atoms with Crippen molar-refractivity contribution in [1.29, 1.82) is 0 Å². The minimum Gasteiger partial charge on any atom is -0.497 e. The summed E-state index contributed by atoms with van der Waals surface area (Å²) in [6.45, 7) is 0.384. The molecule has 1 amide bonds. The van der Waals surface area contributed by atoms with Crippen LogP contribution >= 0.6 is 23.2 Å². The summed E-state index contributed by atoms with van der Waals surface area (Å²) in [5.41, 5.74) is 0.504. The number of ether oxygens (including phenoxy) is 2. The molecule has 30 heavy (non-hydrogen) atoms. The monoisotopic (exact) mass is 472 g/mol. The Balaban J connectivity index is 1.79. The van der Waals surface area contributed by atoms with Gasteiger partial charge in [0, 0.05) is 24.8 Å². The summed E-state index contributed by atoms with van der Waals surface area (Å²) in [4.78, 5) is 12.8. The average molecular weight is 473 g/mol. The first-order valence-electron chi connectivity index (χ1n) is 9.24. The number of benzene rings is 2. The summed E-state index contributed by atoms with van der Waals surface area (Å²) in [6, 6.07) is 9.39. The van der Waals surface area contributed by atoms with E-state index < -0.39 is 15.9 Å². The number of nitrogens with zero attached hydrogens (tertiary/aromatic N) is 1. The van der Waals surface area contributed by atoms with E-state index in [4.69, 9.17) is 32.7 Å². The molecule has 0 bridgehead atoms. The van der Waals surface area contributed by atoms with Crippen LogP contribution in [0.15, 0.2) is 41.3 Å². The second-order valence-electron chi connectivity index (χ2n) is 6.84. The number of sulfonamides is 1. The van der Waals surface area contributed by atoms with Gasteiger partial charge in [0.25, 0.3) is 0 Å². The Morgan fingerprint density at radius 2 is 1.87 bits per heavy atom. The number of amides is 1. The number of rotatable bonds is 6. The zero-order valence-corrected chi connectivity index (χ0v) is 18.9. The van der Waals surface area contributed by atoms with Gasteiger partial charge in [-0.1, -0.05) is 23.2 Å². The van der Waals surface area contributed by atoms with Gasteiger partial charge in [-0.25, -0.2) is 8.42 Å². The number of nitrogens with one attached hydrogen (secondary N) is 1. The Kier molecular flexibility index (Phi) is 7.13. The van der Waals surface area contributed by atoms with Crippen molar-refractivity contribution in [3.63, 3.8) is 0 Å². The van der Waals surface area contributed by atoms with Crippen LogP contribution in [0.4, 0.5) is 5.69 Å². The van der Waals surface area contributed by atoms with Gasteiger partial charge in [-0.3, -0.25) is 4.79 Å². The summed E-state index contributed by atoms with van der Waals surface area (Å²) in [5.74, 6) is -0.149. The molecule has 162 valence electrons. The molecule has 0 aromatic heterocycles. The summed E-state index contributed by atoms with van der Waals surface area (Å²) < 4.78 is 38.2. The van der Waals surface area contributed by atoms with Crippen molar-refractivity contribution in [3.8, 4) is 11.5 Å². The van der Waals surface area contributed by atoms with Gasteiger partial charge in [-0.05, 0) is 43.2 Å². The number of hydrogen-bond acceptors (Lipinski definition) is 5. The Hall–Kier alpha value is -2.00. The normalized spacial score (nSPS) is 17.4. The second kappa shape index (κ2) is 9.43. The molecule has 0 spiro atoms. The van der Waals surface area contributed by atoms with E-state index in [1.807, 2.05) is 0 Å². The predicted molar refractivity (Wildman–Crippen MR) is 116 cm³/mol. The molecule has 1 aliphatic rings. The lowest BCUT2D eigenvalue weighted by Crippen LogP contribution is -2.43. The number of carbonyl (C=O) groups excluding carboxylic acids is 1. The molecule has 1 atom stereocenters. The molecule has 2 aromatic carbocycles. The average Bonchev–Trinajstić information content (AvgIpc) is 2.75. The number of anilines is 1. The van der Waals surface area contributed by atoms with Crippen LogP contribution in [0.25, 0.3) is 0 Å². The molecule has 0 saturated carbocycles. The highest BCUT2D eigenvalue weighted by Gasteiger charge is 2.35. The number of methoxy groups -OCH3 is 2. The largest absolute Gasteiger partial charge is 0.497 e. The highest BCUT2D eigenvalue weighted by atomic mass is 35.5. The fraction of sp³-hybridized carbons (Fsp3) is 0.350. The van der Waals surface area contributed by atoms with Crippen molar-refractivity contribution in [2.45, 2.75) is 17.7 Å². The van der Waals surface area contributed by atoms with E-state index >= 15 is 0 Å². The first-order chi connectivity index (χ1) is 14.3. The van der Waals surface area contributed by atoms with E-state index in [0.717, 1.165) is 0 Å². The van der Waals surface area contributed by atoms with Gasteiger partial charge in [0.2, 0.25) is 15.9 Å². The summed E-state index contributed by atoms with van der Waals surface area (Å²) in [6.07, 6.45) is 1.14. The van der Waals surface area contributed by atoms with Gasteiger partial charge < -0.3 is 14.8 Å². The van der Waals surface area contributed by atoms with Crippen molar-refractivity contribution >= 4 is 44.8 Å². The quantitative estimate of drug-likeness (QED) is 0.685. The number of hydrogen-bond donors (Lipinski definition) is 1. The van der Waals surface area contributed by atoms with Crippen LogP contribution in [0.5, 0.6) is 11.5 Å². The number of carbonyl (C=O) groups is 1. The molecule has 2 aromatic rings. The predicted octanol–water partition coefficient (Wildman–Crippen LogP) is 4.05. The van der Waals surface area contributed by atoms with Gasteiger partial charge in [0.05, 0.1) is 30.2 Å². The standard InChI is InChI=1S/C20H22Cl2N2O5S/c1-28-15-6-8-18(29-2)19(11-15)30(26,27)24-9-3-4-13(12-24)20(25)23-14-5-7-16(21)17(22)10-14/h5-8,10-11,13H,3-4,9,12H2,1-2H3,(H,23,25). The highest BCUT2D eigenvalue weighted by Crippen LogP contribution is 2.33. The Labute approximate surface area is 185 Å². The molecule has 3 rings (SSSR count). The molecule has 1 unspecified atom stereocenters. The maximum Gasteiger partial charge on any atom is 0.246 e. The van der Waals surface area contributed by atoms with E-state index in [-0.39, 0.29) is 23.1 Å². The molecule has 7 nitrogen and oxygen atoms in total. The van der Waals surface area contributed by atoms with Gasteiger partial charge in [-0.2, -0.15) is 4.31 Å². The molecular weight excluding hydrogens is 451 g/mol. The first-order valence-corrected chi connectivity index (χ1v) is 11.4. The molecule has 10 heteroatoms. The summed E-state index contributed by atoms with van der Waals surface area (Å²) >= 11 is 11.9. The molecule has 0 aliphatic carbocycles. The summed E-state index contributed by atoms with van der Waals surface area (Å²) in [7, 11) is -1.01. The van der Waals surface area contributed by atoms with Gasteiger partial charge in [-0.15, -0.1) is 0 Å². The highest BCUT2D eigenvalue weighted by molar-refractivity contribution is 7.89. The minimum absolute atomic E-state index is 0.00916. The van der Waals surface area contributed by atoms with Crippen LogP contribution in [-0.4, -0.2) is 45.9 Å². The third kappa shape index (κ3) is 4.83. The van der Waals surface area contributed by atoms with E-state index in [9.17, 15) is 13.2 Å². The molecule has 1 heterocycles. The molecule has 0 radical (unpaired) electrons. The lowest BCUT2D eigenvalue weighted by molar-refractivity contribution is -0.120. The van der Waals surface area contributed by atoms with Gasteiger partial charge in [0.1, 0.15) is 16.4 Å². The topological polar surface area (TPSA) is 84.9 Å². The third-order valence-electron chi connectivity index (χ3n) is 4.93. The fourth-order valence-electron chi connectivity index (χ4n) is 3.32. The maximum atomic E-state index is 13.3. The fourth-order valence-corrected chi connectivity index (χ4v) is 5.31. The van der Waals surface area contributed by atoms with E-state index in [0.29, 0.717) is 40.9 Å². The van der Waals surface area contributed by atoms with Crippen molar-refractivity contribution in [2.24, 2.45) is 5.92 Å². The van der Waals surface area contributed by atoms with Crippen LogP contribution in [0.3, 0.4) is 0 Å². The van der Waals surface area contributed by atoms with Crippen LogP contribution < -0.4 is 14.8 Å². The molecular formula is C20H22Cl2N2O5S. The zero-order chi connectivity index (χ0) is 21.9. The summed E-state index contributed by atoms with van der Waals surface area (Å²) in [5, 5.41) is 3.50. The minimum atomic E-state index is -3.88. The first kappa shape index (κ1) is 22.7. The number of halogens is 2. The third-order valence-corrected chi connectivity index (χ3v) is 7.56. The van der Waals surface area contributed by atoms with Crippen LogP contribution in [0.1, 0.15) is 12.8 Å². The Morgan fingerprint density at radius 1 is 1.10 bits per heavy atom.